The Morgan fingerprint density at radius 1 is 1.11 bits per heavy atom. The second-order valence-corrected chi connectivity index (χ2v) is 12.5. The molecule has 10 nitrogen and oxygen atoms in total. The number of aromatic nitrogens is 1. The first-order valence-electron chi connectivity index (χ1n) is 15.4. The predicted molar refractivity (Wildman–Crippen MR) is 180 cm³/mol. The Kier molecular flexibility index (Phi) is 10.5. The molecule has 1 aliphatic carbocycles. The van der Waals surface area contributed by atoms with Crippen molar-refractivity contribution in [2.24, 2.45) is 16.1 Å². The summed E-state index contributed by atoms with van der Waals surface area (Å²) in [5, 5.41) is 22.9. The fourth-order valence-corrected chi connectivity index (χ4v) is 5.07. The average molecular weight is 611 g/mol. The van der Waals surface area contributed by atoms with Crippen LogP contribution in [-0.4, -0.2) is 40.9 Å². The highest BCUT2D eigenvalue weighted by molar-refractivity contribution is 6.05. The second kappa shape index (κ2) is 14.3. The lowest BCUT2D eigenvalue weighted by atomic mass is 9.85. The van der Waals surface area contributed by atoms with Crippen LogP contribution in [0.25, 0.3) is 0 Å². The molecule has 4 rings (SSSR count). The van der Waals surface area contributed by atoms with Crippen LogP contribution in [0.1, 0.15) is 75.8 Å². The highest BCUT2D eigenvalue weighted by Crippen LogP contribution is 2.38. The standard InChI is InChI=1S/C35H46N8O2/c1-7-20-42(6)33(38)43-22-25(16-19-31(43)37)45-29-18-17-28(26-10-8-9-11-27(26)29)40-34(44)41-32(21-30(36)35(3,4)5)39-24-14-12-23(2)13-15-24/h8-16,19,21-22,28-29,37-38H,7,17-18,20,36H2,1-6H3,(H2,39,40,41,44)/b30-21-,37-31?,38-33?/t28-,29+/m0/s1. The number of amides is 2. The summed E-state index contributed by atoms with van der Waals surface area (Å²) < 4.78 is 7.97. The van der Waals surface area contributed by atoms with Crippen molar-refractivity contribution < 1.29 is 9.53 Å². The van der Waals surface area contributed by atoms with Crippen molar-refractivity contribution in [1.82, 2.24) is 20.1 Å². The summed E-state index contributed by atoms with van der Waals surface area (Å²) in [5.74, 6) is 1.15. The molecular weight excluding hydrogens is 564 g/mol. The number of benzene rings is 2. The smallest absolute Gasteiger partial charge is 0.320 e. The summed E-state index contributed by atoms with van der Waals surface area (Å²) >= 11 is 0. The van der Waals surface area contributed by atoms with E-state index in [1.807, 2.05) is 88.2 Å². The molecule has 0 bridgehead atoms. The average Bonchev–Trinajstić information content (AvgIpc) is 2.99. The lowest BCUT2D eigenvalue weighted by molar-refractivity contribution is 0.171. The first kappa shape index (κ1) is 33.0. The molecule has 3 aromatic rings. The SMILES string of the molecule is CCCN(C)C(=N)n1cc(O[C@@H]2CC[C@H](NC(=O)NC(/C=C(\N)C(C)(C)C)=Nc3ccc(C)cc3)c3ccccc32)ccc1=N. The van der Waals surface area contributed by atoms with Crippen LogP contribution in [0.4, 0.5) is 10.5 Å². The van der Waals surface area contributed by atoms with Crippen molar-refractivity contribution in [1.29, 1.82) is 10.8 Å². The van der Waals surface area contributed by atoms with Crippen LogP contribution in [0.2, 0.25) is 0 Å². The van der Waals surface area contributed by atoms with Gasteiger partial charge >= 0.3 is 6.03 Å². The van der Waals surface area contributed by atoms with Gasteiger partial charge in [-0.05, 0) is 61.6 Å². The van der Waals surface area contributed by atoms with Crippen LogP contribution in [0.5, 0.6) is 5.75 Å². The molecule has 2 amide bonds. The molecule has 0 fully saturated rings. The number of amidine groups is 1. The molecule has 0 unspecified atom stereocenters. The van der Waals surface area contributed by atoms with Crippen LogP contribution < -0.4 is 26.6 Å². The Balaban J connectivity index is 1.52. The minimum atomic E-state index is -0.375. The summed E-state index contributed by atoms with van der Waals surface area (Å²) in [6, 6.07) is 18.5. The third-order valence-corrected chi connectivity index (χ3v) is 7.77. The summed E-state index contributed by atoms with van der Waals surface area (Å²) in [4.78, 5) is 19.8. The van der Waals surface area contributed by atoms with Gasteiger partial charge in [0.15, 0.2) is 0 Å². The molecule has 45 heavy (non-hydrogen) atoms. The van der Waals surface area contributed by atoms with Gasteiger partial charge in [0.1, 0.15) is 23.2 Å². The maximum atomic E-state index is 13.4. The van der Waals surface area contributed by atoms with Crippen LogP contribution in [0.3, 0.4) is 0 Å². The van der Waals surface area contributed by atoms with Crippen LogP contribution in [0, 0.1) is 23.2 Å². The molecule has 0 saturated carbocycles. The van der Waals surface area contributed by atoms with Crippen molar-refractivity contribution >= 4 is 23.5 Å². The van der Waals surface area contributed by atoms with Crippen LogP contribution in [-0.2, 0) is 0 Å². The molecule has 10 heteroatoms. The number of fused-ring (bicyclic) bond motifs is 1. The van der Waals surface area contributed by atoms with Gasteiger partial charge in [-0.1, -0.05) is 69.7 Å². The summed E-state index contributed by atoms with van der Waals surface area (Å²) in [6.45, 7) is 10.8. The molecule has 0 saturated heterocycles. The first-order chi connectivity index (χ1) is 21.3. The van der Waals surface area contributed by atoms with Gasteiger partial charge in [-0.25, -0.2) is 9.79 Å². The highest BCUT2D eigenvalue weighted by Gasteiger charge is 2.30. The zero-order valence-corrected chi connectivity index (χ0v) is 27.1. The van der Waals surface area contributed by atoms with Gasteiger partial charge in [0.2, 0.25) is 5.96 Å². The van der Waals surface area contributed by atoms with Crippen molar-refractivity contribution in [2.75, 3.05) is 13.6 Å². The molecule has 1 heterocycles. The van der Waals surface area contributed by atoms with Gasteiger partial charge in [-0.15, -0.1) is 0 Å². The lowest BCUT2D eigenvalue weighted by Crippen LogP contribution is -2.42. The number of carbonyl (C=O) groups is 1. The molecular formula is C35H46N8O2. The Morgan fingerprint density at radius 2 is 1.80 bits per heavy atom. The lowest BCUT2D eigenvalue weighted by Gasteiger charge is -2.32. The monoisotopic (exact) mass is 610 g/mol. The topological polar surface area (TPSA) is 145 Å². The van der Waals surface area contributed by atoms with E-state index < -0.39 is 0 Å². The Labute approximate surface area is 266 Å². The fraction of sp³-hybridized carbons (Fsp3) is 0.371. The van der Waals surface area contributed by atoms with Gasteiger partial charge in [-0.2, -0.15) is 0 Å². The van der Waals surface area contributed by atoms with Gasteiger partial charge in [0.25, 0.3) is 0 Å². The first-order valence-corrected chi connectivity index (χ1v) is 15.4. The van der Waals surface area contributed by atoms with E-state index in [0.29, 0.717) is 42.4 Å². The molecule has 238 valence electrons. The quantitative estimate of drug-likeness (QED) is 0.159. The van der Waals surface area contributed by atoms with Crippen molar-refractivity contribution in [3.05, 3.63) is 101 Å². The number of carbonyl (C=O) groups excluding carboxylic acids is 1. The van der Waals surface area contributed by atoms with Gasteiger partial charge in [0.05, 0.1) is 17.9 Å². The van der Waals surface area contributed by atoms with E-state index in [1.165, 1.54) is 4.57 Å². The van der Waals surface area contributed by atoms with E-state index >= 15 is 0 Å². The summed E-state index contributed by atoms with van der Waals surface area (Å²) in [5.41, 5.74) is 10.7. The van der Waals surface area contributed by atoms with Crippen LogP contribution in [0.15, 0.2) is 83.6 Å². The number of nitrogens with zero attached hydrogens (tertiary/aromatic N) is 3. The van der Waals surface area contributed by atoms with Crippen molar-refractivity contribution in [3.63, 3.8) is 0 Å². The second-order valence-electron chi connectivity index (χ2n) is 12.5. The minimum absolute atomic E-state index is 0.207. The van der Waals surface area contributed by atoms with Crippen molar-refractivity contribution in [2.45, 2.75) is 66.0 Å². The minimum Gasteiger partial charge on any atom is -0.484 e. The highest BCUT2D eigenvalue weighted by atomic mass is 16.5. The van der Waals surface area contributed by atoms with Crippen LogP contribution >= 0.6 is 0 Å². The third kappa shape index (κ3) is 8.62. The summed E-state index contributed by atoms with van der Waals surface area (Å²) in [7, 11) is 1.85. The van der Waals surface area contributed by atoms with Crippen molar-refractivity contribution in [3.8, 4) is 5.75 Å². The number of nitrogens with two attached hydrogens (primary N) is 1. The number of hydrogen-bond acceptors (Lipinski definition) is 6. The molecule has 0 aliphatic heterocycles. The number of hydrogen-bond donors (Lipinski definition) is 5. The molecule has 1 aliphatic rings. The number of aliphatic imine (C=N–C) groups is 1. The van der Waals surface area contributed by atoms with E-state index in [1.54, 1.807) is 24.4 Å². The zero-order valence-electron chi connectivity index (χ0n) is 27.1. The third-order valence-electron chi connectivity index (χ3n) is 7.77. The number of nitrogens with one attached hydrogen (secondary N) is 4. The number of ether oxygens (including phenoxy) is 1. The maximum absolute atomic E-state index is 13.4. The predicted octanol–water partition coefficient (Wildman–Crippen LogP) is 6.27. The number of urea groups is 1. The Hall–Kier alpha value is -4.86. The summed E-state index contributed by atoms with van der Waals surface area (Å²) in [6.07, 6.45) is 5.39. The number of pyridine rings is 1. The maximum Gasteiger partial charge on any atom is 0.320 e. The normalized spacial score (nSPS) is 16.8. The van der Waals surface area contributed by atoms with E-state index in [-0.39, 0.29) is 35.0 Å². The van der Waals surface area contributed by atoms with Gasteiger partial charge in [0, 0.05) is 30.8 Å². The number of allylic oxidation sites excluding steroid dienone is 1. The number of rotatable bonds is 7. The van der Waals surface area contributed by atoms with E-state index in [2.05, 4.69) is 22.5 Å². The van der Waals surface area contributed by atoms with Gasteiger partial charge < -0.3 is 20.7 Å². The zero-order chi connectivity index (χ0) is 32.7. The van der Waals surface area contributed by atoms with E-state index in [9.17, 15) is 4.79 Å². The molecule has 0 spiro atoms. The van der Waals surface area contributed by atoms with E-state index in [4.69, 9.17) is 21.3 Å². The number of aryl methyl sites for hydroxylation is 1. The Morgan fingerprint density at radius 3 is 2.47 bits per heavy atom. The largest absolute Gasteiger partial charge is 0.484 e. The Bertz CT molecular complexity index is 1630. The van der Waals surface area contributed by atoms with E-state index in [0.717, 1.165) is 23.1 Å². The fourth-order valence-electron chi connectivity index (χ4n) is 5.07. The molecule has 2 atom stereocenters. The molecule has 6 N–H and O–H groups in total. The molecule has 2 aromatic carbocycles. The molecule has 1 aromatic heterocycles. The molecule has 0 radical (unpaired) electrons. The van der Waals surface area contributed by atoms with Gasteiger partial charge in [-0.3, -0.25) is 20.7 Å².